The molecule has 0 spiro atoms. The zero-order chi connectivity index (χ0) is 15.7. The van der Waals surface area contributed by atoms with Gasteiger partial charge in [-0.2, -0.15) is 5.10 Å². The van der Waals surface area contributed by atoms with Crippen molar-refractivity contribution in [2.75, 3.05) is 6.61 Å². The molecule has 21 heavy (non-hydrogen) atoms. The highest BCUT2D eigenvalue weighted by Gasteiger charge is 2.22. The summed E-state index contributed by atoms with van der Waals surface area (Å²) in [7, 11) is 0. The fraction of sp³-hybridized carbons (Fsp3) is 0.438. The second-order valence-corrected chi connectivity index (χ2v) is 4.65. The van der Waals surface area contributed by atoms with Crippen LogP contribution in [0.5, 0.6) is 0 Å². The minimum atomic E-state index is -0.411. The Morgan fingerprint density at radius 3 is 2.48 bits per heavy atom. The molecule has 1 aromatic rings. The molecular weight excluding hydrogens is 268 g/mol. The molecule has 114 valence electrons. The Morgan fingerprint density at radius 1 is 1.24 bits per heavy atom. The van der Waals surface area contributed by atoms with Crippen LogP contribution in [0, 0.1) is 5.92 Å². The van der Waals surface area contributed by atoms with E-state index in [4.69, 9.17) is 4.74 Å². The average Bonchev–Trinajstić information content (AvgIpc) is 2.51. The lowest BCUT2D eigenvalue weighted by atomic mass is 9.99. The predicted octanol–water partition coefficient (Wildman–Crippen LogP) is 2.77. The van der Waals surface area contributed by atoms with E-state index in [9.17, 15) is 9.59 Å². The smallest absolute Gasteiger partial charge is 0.314 e. The topological polar surface area (TPSA) is 67.8 Å². The van der Waals surface area contributed by atoms with Crippen LogP contribution >= 0.6 is 0 Å². The minimum Gasteiger partial charge on any atom is -0.465 e. The molecule has 0 aromatic heterocycles. The van der Waals surface area contributed by atoms with Crippen molar-refractivity contribution >= 4 is 17.6 Å². The molecule has 1 rings (SSSR count). The molecule has 0 bridgehead atoms. The van der Waals surface area contributed by atoms with Crippen LogP contribution in [0.4, 0.5) is 0 Å². The summed E-state index contributed by atoms with van der Waals surface area (Å²) in [5.41, 5.74) is 3.56. The van der Waals surface area contributed by atoms with Gasteiger partial charge in [-0.1, -0.05) is 31.5 Å². The molecule has 1 aromatic carbocycles. The number of hydrogen-bond acceptors (Lipinski definition) is 4. The van der Waals surface area contributed by atoms with Crippen molar-refractivity contribution in [1.82, 2.24) is 5.43 Å². The summed E-state index contributed by atoms with van der Waals surface area (Å²) in [5, 5.41) is 4.04. The third-order valence-electron chi connectivity index (χ3n) is 3.02. The van der Waals surface area contributed by atoms with E-state index < -0.39 is 5.92 Å². The highest BCUT2D eigenvalue weighted by atomic mass is 16.5. The van der Waals surface area contributed by atoms with Crippen LogP contribution in [-0.4, -0.2) is 24.2 Å². The second kappa shape index (κ2) is 8.89. The first-order valence-electron chi connectivity index (χ1n) is 7.16. The Labute approximate surface area is 125 Å². The van der Waals surface area contributed by atoms with E-state index >= 15 is 0 Å². The summed E-state index contributed by atoms with van der Waals surface area (Å²) in [5.74, 6) is -1.00. The van der Waals surface area contributed by atoms with Gasteiger partial charge in [-0.15, -0.1) is 0 Å². The van der Waals surface area contributed by atoms with Crippen molar-refractivity contribution < 1.29 is 14.3 Å². The third-order valence-corrected chi connectivity index (χ3v) is 3.02. The molecule has 0 saturated carbocycles. The van der Waals surface area contributed by atoms with E-state index in [0.717, 1.165) is 6.42 Å². The summed E-state index contributed by atoms with van der Waals surface area (Å²) < 4.78 is 5.04. The van der Waals surface area contributed by atoms with Gasteiger partial charge in [0.05, 0.1) is 12.5 Å². The van der Waals surface area contributed by atoms with Gasteiger partial charge in [0.15, 0.2) is 0 Å². The Kier molecular flexibility index (Phi) is 7.15. The SMILES string of the molecule is CCC[C@H](C(=O)OCC)/C(C)=N/NC(=O)c1ccccc1. The number of rotatable bonds is 7. The van der Waals surface area contributed by atoms with Crippen LogP contribution in [0.1, 0.15) is 44.0 Å². The average molecular weight is 290 g/mol. The first kappa shape index (κ1) is 16.9. The van der Waals surface area contributed by atoms with E-state index in [1.165, 1.54) is 0 Å². The van der Waals surface area contributed by atoms with Gasteiger partial charge in [-0.25, -0.2) is 5.43 Å². The number of esters is 1. The van der Waals surface area contributed by atoms with Gasteiger partial charge in [-0.05, 0) is 32.4 Å². The quantitative estimate of drug-likeness (QED) is 0.477. The molecule has 1 atom stereocenters. The monoisotopic (exact) mass is 290 g/mol. The Bertz CT molecular complexity index is 498. The zero-order valence-corrected chi connectivity index (χ0v) is 12.8. The summed E-state index contributed by atoms with van der Waals surface area (Å²) >= 11 is 0. The van der Waals surface area contributed by atoms with Crippen LogP contribution in [0.15, 0.2) is 35.4 Å². The standard InChI is InChI=1S/C16H22N2O3/c1-4-9-14(16(20)21-5-2)12(3)17-18-15(19)13-10-7-6-8-11-13/h6-8,10-11,14H,4-5,9H2,1-3H3,(H,18,19)/b17-12+/t14-/m0/s1. The lowest BCUT2D eigenvalue weighted by Gasteiger charge is -2.14. The summed E-state index contributed by atoms with van der Waals surface area (Å²) in [6, 6.07) is 8.81. The van der Waals surface area contributed by atoms with Gasteiger partial charge in [0.1, 0.15) is 0 Å². The molecule has 5 nitrogen and oxygen atoms in total. The number of nitrogens with one attached hydrogen (secondary N) is 1. The summed E-state index contributed by atoms with van der Waals surface area (Å²) in [4.78, 5) is 23.8. The lowest BCUT2D eigenvalue weighted by molar-refractivity contribution is -0.145. The van der Waals surface area contributed by atoms with Gasteiger partial charge in [0.2, 0.25) is 0 Å². The molecule has 0 heterocycles. The molecule has 1 N–H and O–H groups in total. The molecule has 0 fully saturated rings. The van der Waals surface area contributed by atoms with Gasteiger partial charge >= 0.3 is 5.97 Å². The highest BCUT2D eigenvalue weighted by molar-refractivity contribution is 6.02. The van der Waals surface area contributed by atoms with Crippen molar-refractivity contribution in [2.45, 2.75) is 33.6 Å². The molecule has 0 aliphatic heterocycles. The first-order chi connectivity index (χ1) is 10.1. The number of ether oxygens (including phenoxy) is 1. The molecule has 0 radical (unpaired) electrons. The van der Waals surface area contributed by atoms with Gasteiger partial charge in [0, 0.05) is 11.3 Å². The van der Waals surface area contributed by atoms with Crippen molar-refractivity contribution in [3.05, 3.63) is 35.9 Å². The summed E-state index contributed by atoms with van der Waals surface area (Å²) in [6.45, 7) is 5.82. The molecule has 0 aliphatic carbocycles. The number of hydrogen-bond donors (Lipinski definition) is 1. The second-order valence-electron chi connectivity index (χ2n) is 4.65. The zero-order valence-electron chi connectivity index (χ0n) is 12.8. The molecular formula is C16H22N2O3. The molecule has 5 heteroatoms. The third kappa shape index (κ3) is 5.38. The van der Waals surface area contributed by atoms with Crippen molar-refractivity contribution in [3.63, 3.8) is 0 Å². The van der Waals surface area contributed by atoms with Crippen LogP contribution in [-0.2, 0) is 9.53 Å². The van der Waals surface area contributed by atoms with Crippen LogP contribution < -0.4 is 5.43 Å². The van der Waals surface area contributed by atoms with Crippen LogP contribution in [0.2, 0.25) is 0 Å². The van der Waals surface area contributed by atoms with Crippen LogP contribution in [0.25, 0.3) is 0 Å². The van der Waals surface area contributed by atoms with Gasteiger partial charge < -0.3 is 4.74 Å². The number of benzene rings is 1. The number of carbonyl (C=O) groups is 2. The Balaban J connectivity index is 2.72. The molecule has 1 amide bonds. The van der Waals surface area contributed by atoms with E-state index in [1.54, 1.807) is 38.1 Å². The molecule has 0 unspecified atom stereocenters. The van der Waals surface area contributed by atoms with E-state index in [2.05, 4.69) is 10.5 Å². The van der Waals surface area contributed by atoms with Gasteiger partial charge in [-0.3, -0.25) is 9.59 Å². The van der Waals surface area contributed by atoms with Crippen LogP contribution in [0.3, 0.4) is 0 Å². The highest BCUT2D eigenvalue weighted by Crippen LogP contribution is 2.11. The number of nitrogens with zero attached hydrogens (tertiary/aromatic N) is 1. The number of hydrazone groups is 1. The Hall–Kier alpha value is -2.17. The maximum absolute atomic E-state index is 11.9. The Morgan fingerprint density at radius 2 is 1.90 bits per heavy atom. The normalized spacial score (nSPS) is 12.6. The maximum Gasteiger partial charge on any atom is 0.314 e. The first-order valence-corrected chi connectivity index (χ1v) is 7.16. The van der Waals surface area contributed by atoms with E-state index in [-0.39, 0.29) is 11.9 Å². The lowest BCUT2D eigenvalue weighted by Crippen LogP contribution is -2.27. The van der Waals surface area contributed by atoms with E-state index in [1.807, 2.05) is 13.0 Å². The fourth-order valence-electron chi connectivity index (χ4n) is 1.90. The van der Waals surface area contributed by atoms with Crippen molar-refractivity contribution in [3.8, 4) is 0 Å². The number of amides is 1. The van der Waals surface area contributed by atoms with E-state index in [0.29, 0.717) is 24.3 Å². The predicted molar refractivity (Wildman–Crippen MR) is 82.0 cm³/mol. The van der Waals surface area contributed by atoms with Gasteiger partial charge in [0.25, 0.3) is 5.91 Å². The maximum atomic E-state index is 11.9. The molecule has 0 saturated heterocycles. The van der Waals surface area contributed by atoms with Crippen molar-refractivity contribution in [1.29, 1.82) is 0 Å². The number of carbonyl (C=O) groups excluding carboxylic acids is 2. The fourth-order valence-corrected chi connectivity index (χ4v) is 1.90. The minimum absolute atomic E-state index is 0.297. The largest absolute Gasteiger partial charge is 0.465 e. The molecule has 0 aliphatic rings. The summed E-state index contributed by atoms with van der Waals surface area (Å²) in [6.07, 6.45) is 1.48. The van der Waals surface area contributed by atoms with Crippen molar-refractivity contribution in [2.24, 2.45) is 11.0 Å².